The zero-order chi connectivity index (χ0) is 62.9. The molecular formula is C76H84O16. The molecule has 3 fully saturated rings. The Morgan fingerprint density at radius 2 is 0.489 bits per heavy atom. The summed E-state index contributed by atoms with van der Waals surface area (Å²) in [7, 11) is 3.15. The van der Waals surface area contributed by atoms with Gasteiger partial charge >= 0.3 is 0 Å². The van der Waals surface area contributed by atoms with Crippen molar-refractivity contribution in [1.82, 2.24) is 0 Å². The van der Waals surface area contributed by atoms with Crippen LogP contribution in [-0.4, -0.2) is 131 Å². The summed E-state index contributed by atoms with van der Waals surface area (Å²) in [5.41, 5.74) is 7.56. The Morgan fingerprint density at radius 3 is 0.793 bits per heavy atom. The van der Waals surface area contributed by atoms with Crippen LogP contribution >= 0.6 is 0 Å². The van der Waals surface area contributed by atoms with Crippen LogP contribution in [0.1, 0.15) is 44.5 Å². The molecule has 0 unspecified atom stereocenters. The average molecular weight is 1250 g/mol. The molecule has 0 aliphatic carbocycles. The van der Waals surface area contributed by atoms with Crippen LogP contribution in [0.4, 0.5) is 0 Å². The molecule has 16 nitrogen and oxygen atoms in total. The van der Waals surface area contributed by atoms with E-state index >= 15 is 0 Å². The van der Waals surface area contributed by atoms with Crippen LogP contribution in [-0.2, 0) is 124 Å². The first-order valence-corrected chi connectivity index (χ1v) is 31.6. The first kappa shape index (κ1) is 66.6. The van der Waals surface area contributed by atoms with Gasteiger partial charge < -0.3 is 76.2 Å². The molecule has 1 N–H and O–H groups in total. The molecule has 0 amide bonds. The van der Waals surface area contributed by atoms with Gasteiger partial charge in [-0.1, -0.05) is 243 Å². The Bertz CT molecular complexity index is 3270. The number of methoxy groups -OCH3 is 2. The third-order valence-corrected chi connectivity index (χ3v) is 16.5. The molecule has 0 spiro atoms. The smallest absolute Gasteiger partial charge is 0.186 e. The second-order valence-corrected chi connectivity index (χ2v) is 23.1. The van der Waals surface area contributed by atoms with E-state index in [-0.39, 0.29) is 72.7 Å². The highest BCUT2D eigenvalue weighted by molar-refractivity contribution is 5.20. The van der Waals surface area contributed by atoms with Gasteiger partial charge in [-0.2, -0.15) is 0 Å². The quantitative estimate of drug-likeness (QED) is 0.0414. The van der Waals surface area contributed by atoms with E-state index in [0.29, 0.717) is 0 Å². The van der Waals surface area contributed by atoms with Crippen molar-refractivity contribution in [2.45, 2.75) is 145 Å². The second-order valence-electron chi connectivity index (χ2n) is 23.1. The average Bonchev–Trinajstić information content (AvgIpc) is 1.54. The molecule has 0 radical (unpaired) electrons. The lowest BCUT2D eigenvalue weighted by Crippen LogP contribution is -2.64. The molecule has 3 aliphatic rings. The van der Waals surface area contributed by atoms with Gasteiger partial charge in [0.25, 0.3) is 0 Å². The van der Waals surface area contributed by atoms with Crippen LogP contribution < -0.4 is 0 Å². The van der Waals surface area contributed by atoms with E-state index in [1.54, 1.807) is 14.2 Å². The normalized spacial score (nSPS) is 26.5. The van der Waals surface area contributed by atoms with Crippen molar-refractivity contribution in [3.05, 3.63) is 287 Å². The van der Waals surface area contributed by atoms with E-state index in [4.69, 9.17) is 71.1 Å². The number of hydrogen-bond acceptors (Lipinski definition) is 16. The molecule has 11 rings (SSSR count). The largest absolute Gasteiger partial charge is 0.385 e. The highest BCUT2D eigenvalue weighted by Crippen LogP contribution is 2.36. The highest BCUT2D eigenvalue weighted by Gasteiger charge is 2.54. The highest BCUT2D eigenvalue weighted by atomic mass is 16.8. The maximum atomic E-state index is 13.1. The number of rotatable bonds is 33. The van der Waals surface area contributed by atoms with Gasteiger partial charge in [0.2, 0.25) is 0 Å². The molecule has 3 aliphatic heterocycles. The third-order valence-electron chi connectivity index (χ3n) is 16.5. The molecule has 8 aromatic rings. The molecule has 3 heterocycles. The van der Waals surface area contributed by atoms with Crippen molar-refractivity contribution in [3.63, 3.8) is 0 Å². The van der Waals surface area contributed by atoms with Crippen molar-refractivity contribution < 1.29 is 76.2 Å². The maximum Gasteiger partial charge on any atom is 0.186 e. The Balaban J connectivity index is 0.915. The lowest BCUT2D eigenvalue weighted by molar-refractivity contribution is -0.352. The molecular weight excluding hydrogens is 1170 g/mol. The van der Waals surface area contributed by atoms with Gasteiger partial charge in [-0.05, 0) is 44.5 Å². The zero-order valence-corrected chi connectivity index (χ0v) is 52.1. The van der Waals surface area contributed by atoms with Crippen molar-refractivity contribution in [1.29, 1.82) is 0 Å². The summed E-state index contributed by atoms with van der Waals surface area (Å²) >= 11 is 0. The molecule has 16 heteroatoms. The van der Waals surface area contributed by atoms with Gasteiger partial charge in [0.15, 0.2) is 18.9 Å². The molecule has 0 aromatic heterocycles. The fourth-order valence-electron chi connectivity index (χ4n) is 11.7. The standard InChI is InChI=1S/C76H84O16/c1-78-75-72(86-49-60-39-23-9-24-40-60)70(84-47-58-35-19-7-20-36-58)67(82-45-56-31-15-5-16-32-56)63(91-75)52-88-69-65(77)74(90-62(51-80-43-54-27-11-3-12-28-54)66(69)81-44-55-29-13-4-14-30-55)89-53-64-68(83-46-57-33-17-6-18-34-57)71(85-48-59-37-21-8-22-38-59)73(76(79-2)92-64)87-50-61-41-25-10-26-42-61/h3-42,62-77H,43-53H2,1-2H3/t62-,63-,64-,65+,66-,67-,68-,69+,70+,71+,72-,73-,74+,75+,76+/m1/s1. The second kappa shape index (κ2) is 35.4. The summed E-state index contributed by atoms with van der Waals surface area (Å²) in [6.45, 7) is 1.52. The van der Waals surface area contributed by atoms with Crippen LogP contribution in [0, 0.1) is 0 Å². The minimum Gasteiger partial charge on any atom is -0.385 e. The fraction of sp³-hybridized carbons (Fsp3) is 0.368. The number of benzene rings is 8. The van der Waals surface area contributed by atoms with Gasteiger partial charge in [0, 0.05) is 14.2 Å². The summed E-state index contributed by atoms with van der Waals surface area (Å²) in [5.74, 6) is 0. The van der Waals surface area contributed by atoms with E-state index in [1.807, 2.05) is 243 Å². The topological polar surface area (TPSA) is 159 Å². The fourth-order valence-corrected chi connectivity index (χ4v) is 11.7. The minimum atomic E-state index is -1.49. The SMILES string of the molecule is CO[C@H]1O[C@H](CO[C@H]2O[C@H](COCc3ccccc3)[C@@H](OCc3ccccc3)[C@@H](OC[C@H]3O[C@H](OC)[C@H](OCc4ccccc4)[C@@H](OCc4ccccc4)[C@@H]3OCc3ccccc3)[C@@H]2O)[C@@H](OCc2ccccc2)[C@H](OCc2ccccc2)[C@H]1OCc1ccccc1. The maximum absolute atomic E-state index is 13.1. The number of aliphatic hydroxyl groups excluding tert-OH is 1. The molecule has 92 heavy (non-hydrogen) atoms. The van der Waals surface area contributed by atoms with Crippen LogP contribution in [0.3, 0.4) is 0 Å². The minimum absolute atomic E-state index is 0.0232. The third kappa shape index (κ3) is 18.9. The summed E-state index contributed by atoms with van der Waals surface area (Å²) in [5, 5.41) is 13.1. The van der Waals surface area contributed by atoms with Gasteiger partial charge in [-0.25, -0.2) is 0 Å². The number of ether oxygens (including phenoxy) is 15. The van der Waals surface area contributed by atoms with E-state index in [2.05, 4.69) is 0 Å². The van der Waals surface area contributed by atoms with Crippen molar-refractivity contribution in [2.75, 3.05) is 34.0 Å². The van der Waals surface area contributed by atoms with Crippen molar-refractivity contribution in [2.24, 2.45) is 0 Å². The molecule has 0 bridgehead atoms. The van der Waals surface area contributed by atoms with Crippen molar-refractivity contribution >= 4 is 0 Å². The monoisotopic (exact) mass is 1250 g/mol. The lowest BCUT2D eigenvalue weighted by atomic mass is 9.96. The van der Waals surface area contributed by atoms with Crippen molar-refractivity contribution in [3.8, 4) is 0 Å². The Labute approximate surface area is 540 Å². The molecule has 8 aromatic carbocycles. The first-order valence-electron chi connectivity index (χ1n) is 31.6. The Hall–Kier alpha value is -6.88. The van der Waals surface area contributed by atoms with E-state index in [0.717, 1.165) is 44.5 Å². The van der Waals surface area contributed by atoms with Crippen LogP contribution in [0.5, 0.6) is 0 Å². The first-order chi connectivity index (χ1) is 45.5. The van der Waals surface area contributed by atoms with Crippen LogP contribution in [0.25, 0.3) is 0 Å². The molecule has 484 valence electrons. The Morgan fingerprint density at radius 1 is 0.250 bits per heavy atom. The molecule has 0 saturated carbocycles. The zero-order valence-electron chi connectivity index (χ0n) is 52.1. The van der Waals surface area contributed by atoms with Gasteiger partial charge in [0.05, 0.1) is 72.7 Å². The van der Waals surface area contributed by atoms with Gasteiger partial charge in [-0.3, -0.25) is 0 Å². The van der Waals surface area contributed by atoms with Crippen LogP contribution in [0.15, 0.2) is 243 Å². The number of hydrogen-bond donors (Lipinski definition) is 1. The summed E-state index contributed by atoms with van der Waals surface area (Å²) in [4.78, 5) is 0. The van der Waals surface area contributed by atoms with E-state index < -0.39 is 92.1 Å². The van der Waals surface area contributed by atoms with E-state index in [9.17, 15) is 5.11 Å². The summed E-state index contributed by atoms with van der Waals surface area (Å²) in [6.07, 6.45) is -14.1. The van der Waals surface area contributed by atoms with E-state index in [1.165, 1.54) is 0 Å². The predicted molar refractivity (Wildman–Crippen MR) is 343 cm³/mol. The molecule has 15 atom stereocenters. The van der Waals surface area contributed by atoms with Gasteiger partial charge in [-0.15, -0.1) is 0 Å². The molecule has 3 saturated heterocycles. The lowest BCUT2D eigenvalue weighted by Gasteiger charge is -2.48. The van der Waals surface area contributed by atoms with Gasteiger partial charge in [0.1, 0.15) is 73.2 Å². The summed E-state index contributed by atoms with van der Waals surface area (Å²) < 4.78 is 102. The number of aliphatic hydroxyl groups is 1. The van der Waals surface area contributed by atoms with Crippen LogP contribution in [0.2, 0.25) is 0 Å². The predicted octanol–water partition coefficient (Wildman–Crippen LogP) is 11.5. The Kier molecular flexibility index (Phi) is 25.6. The summed E-state index contributed by atoms with van der Waals surface area (Å²) in [6, 6.07) is 79.2.